The van der Waals surface area contributed by atoms with Crippen LogP contribution in [0.1, 0.15) is 57.5 Å². The minimum atomic E-state index is -0.744. The molecule has 222 valence electrons. The molecule has 2 aliphatic rings. The predicted molar refractivity (Wildman–Crippen MR) is 162 cm³/mol. The molecule has 1 aromatic heterocycles. The molecule has 6 rings (SSSR count). The Kier molecular flexibility index (Phi) is 7.50. The van der Waals surface area contributed by atoms with Crippen LogP contribution >= 0.6 is 0 Å². The lowest BCUT2D eigenvalue weighted by molar-refractivity contribution is -0.385. The minimum absolute atomic E-state index is 0.0699. The van der Waals surface area contributed by atoms with Crippen LogP contribution in [-0.2, 0) is 14.3 Å². The van der Waals surface area contributed by atoms with Gasteiger partial charge in [0, 0.05) is 28.1 Å². The first-order valence-corrected chi connectivity index (χ1v) is 14.5. The van der Waals surface area contributed by atoms with Crippen LogP contribution in [0.4, 0.5) is 11.4 Å². The fraction of sp³-hybridized carbons (Fsp3) is 0.265. The summed E-state index contributed by atoms with van der Waals surface area (Å²) in [7, 11) is 0. The molecule has 2 heterocycles. The zero-order valence-electron chi connectivity index (χ0n) is 24.2. The molecule has 0 radical (unpaired) electrons. The number of fused-ring (bicyclic) bond motifs is 2. The number of carbonyl (C=O) groups is 4. The van der Waals surface area contributed by atoms with E-state index in [-0.39, 0.29) is 40.5 Å². The molecule has 44 heavy (non-hydrogen) atoms. The van der Waals surface area contributed by atoms with E-state index in [1.807, 2.05) is 13.0 Å². The quantitative estimate of drug-likeness (QED) is 0.0821. The minimum Gasteiger partial charge on any atom is -0.454 e. The Labute approximate surface area is 252 Å². The molecule has 2 amide bonds. The zero-order chi connectivity index (χ0) is 31.1. The van der Waals surface area contributed by atoms with Crippen molar-refractivity contribution >= 4 is 45.8 Å². The van der Waals surface area contributed by atoms with Gasteiger partial charge in [-0.05, 0) is 50.5 Å². The van der Waals surface area contributed by atoms with E-state index in [1.54, 1.807) is 49.4 Å². The molecule has 1 aliphatic heterocycles. The molecule has 2 fully saturated rings. The number of aromatic nitrogens is 1. The third-order valence-corrected chi connectivity index (χ3v) is 8.59. The van der Waals surface area contributed by atoms with Crippen molar-refractivity contribution in [2.45, 2.75) is 39.5 Å². The highest BCUT2D eigenvalue weighted by Crippen LogP contribution is 2.40. The smallest absolute Gasteiger partial charge is 0.339 e. The van der Waals surface area contributed by atoms with Gasteiger partial charge in [-0.25, -0.2) is 9.78 Å². The number of pyridine rings is 1. The standard InChI is InChI=1S/C34H29N3O7/c1-19-10-11-22(16-29(19)37(42)43)30(38)18-44-34(41)27-17-28(35-31-20(2)6-5-9-24(27)31)21-12-14-23(15-13-21)36-32(39)25-7-3-4-8-26(25)33(36)40/h5-6,9-17,25-26H,3-4,7-8,18H2,1-2H3. The van der Waals surface area contributed by atoms with Gasteiger partial charge in [0.15, 0.2) is 6.61 Å². The third kappa shape index (κ3) is 5.12. The maximum Gasteiger partial charge on any atom is 0.339 e. The van der Waals surface area contributed by atoms with E-state index < -0.39 is 23.3 Å². The topological polar surface area (TPSA) is 137 Å². The number of imide groups is 1. The first kappa shape index (κ1) is 28.9. The van der Waals surface area contributed by atoms with E-state index in [9.17, 15) is 29.3 Å². The number of nitro groups is 1. The number of ether oxygens (including phenoxy) is 1. The summed E-state index contributed by atoms with van der Waals surface area (Å²) < 4.78 is 5.40. The van der Waals surface area contributed by atoms with Gasteiger partial charge in [-0.15, -0.1) is 0 Å². The summed E-state index contributed by atoms with van der Waals surface area (Å²) in [5.41, 5.74) is 3.54. The number of Topliss-reactive ketones (excluding diaryl/α,β-unsaturated/α-hetero) is 1. The van der Waals surface area contributed by atoms with Crippen LogP contribution in [-0.4, -0.2) is 40.1 Å². The summed E-state index contributed by atoms with van der Waals surface area (Å²) in [5, 5.41) is 11.8. The van der Waals surface area contributed by atoms with E-state index in [1.165, 1.54) is 23.1 Å². The highest BCUT2D eigenvalue weighted by Gasteiger charge is 2.48. The fourth-order valence-corrected chi connectivity index (χ4v) is 6.18. The summed E-state index contributed by atoms with van der Waals surface area (Å²) in [6.45, 7) is 2.85. The van der Waals surface area contributed by atoms with Gasteiger partial charge in [0.05, 0.1) is 39.2 Å². The van der Waals surface area contributed by atoms with Crippen molar-refractivity contribution in [1.29, 1.82) is 0 Å². The second-order valence-corrected chi connectivity index (χ2v) is 11.3. The molecule has 10 heteroatoms. The zero-order valence-corrected chi connectivity index (χ0v) is 24.2. The van der Waals surface area contributed by atoms with Crippen molar-refractivity contribution in [2.75, 3.05) is 11.5 Å². The average molecular weight is 592 g/mol. The van der Waals surface area contributed by atoms with E-state index in [0.717, 1.165) is 31.2 Å². The van der Waals surface area contributed by atoms with Gasteiger partial charge in [0.25, 0.3) is 5.69 Å². The molecule has 4 aromatic rings. The molecule has 1 aliphatic carbocycles. The molecule has 1 saturated carbocycles. The maximum atomic E-state index is 13.4. The number of esters is 1. The summed E-state index contributed by atoms with van der Waals surface area (Å²) in [6.07, 6.45) is 3.38. The molecule has 2 unspecified atom stereocenters. The number of nitro benzene ring substituents is 1. The van der Waals surface area contributed by atoms with Crippen LogP contribution in [0.2, 0.25) is 0 Å². The fourth-order valence-electron chi connectivity index (χ4n) is 6.18. The van der Waals surface area contributed by atoms with Crippen molar-refractivity contribution < 1.29 is 28.8 Å². The van der Waals surface area contributed by atoms with E-state index in [0.29, 0.717) is 33.4 Å². The molecule has 1 saturated heterocycles. The number of nitrogens with zero attached hydrogens (tertiary/aromatic N) is 3. The number of benzene rings is 3. The molecule has 10 nitrogen and oxygen atoms in total. The largest absolute Gasteiger partial charge is 0.454 e. The number of anilines is 1. The number of hydrogen-bond donors (Lipinski definition) is 0. The van der Waals surface area contributed by atoms with Gasteiger partial charge in [-0.1, -0.05) is 55.3 Å². The van der Waals surface area contributed by atoms with Crippen molar-refractivity contribution in [3.8, 4) is 11.3 Å². The Balaban J connectivity index is 1.27. The van der Waals surface area contributed by atoms with Crippen molar-refractivity contribution in [3.05, 3.63) is 99.1 Å². The van der Waals surface area contributed by atoms with Crippen molar-refractivity contribution in [2.24, 2.45) is 11.8 Å². The summed E-state index contributed by atoms with van der Waals surface area (Å²) >= 11 is 0. The highest BCUT2D eigenvalue weighted by molar-refractivity contribution is 6.22. The molecular formula is C34H29N3O7. The van der Waals surface area contributed by atoms with Gasteiger partial charge in [0.1, 0.15) is 0 Å². The molecule has 3 aromatic carbocycles. The van der Waals surface area contributed by atoms with Crippen LogP contribution in [0.25, 0.3) is 22.2 Å². The number of amides is 2. The van der Waals surface area contributed by atoms with Gasteiger partial charge in [-0.2, -0.15) is 0 Å². The SMILES string of the molecule is Cc1ccc(C(=O)COC(=O)c2cc(-c3ccc(N4C(=O)C5CCCCC5C4=O)cc3)nc3c(C)cccc23)cc1[N+](=O)[O-]. The Bertz CT molecular complexity index is 1840. The van der Waals surface area contributed by atoms with Crippen molar-refractivity contribution in [1.82, 2.24) is 4.98 Å². The Morgan fingerprint density at radius 3 is 2.27 bits per heavy atom. The number of rotatable bonds is 7. The molecular weight excluding hydrogens is 562 g/mol. The van der Waals surface area contributed by atoms with Crippen LogP contribution < -0.4 is 4.90 Å². The third-order valence-electron chi connectivity index (χ3n) is 8.59. The Hall–Kier alpha value is -5.25. The Morgan fingerprint density at radius 1 is 0.932 bits per heavy atom. The van der Waals surface area contributed by atoms with Crippen LogP contribution in [0.15, 0.2) is 66.7 Å². The molecule has 0 spiro atoms. The van der Waals surface area contributed by atoms with E-state index in [2.05, 4.69) is 0 Å². The van der Waals surface area contributed by atoms with E-state index >= 15 is 0 Å². The average Bonchev–Trinajstić information content (AvgIpc) is 3.28. The number of hydrogen-bond acceptors (Lipinski definition) is 8. The normalized spacial score (nSPS) is 17.9. The molecule has 0 N–H and O–H groups in total. The summed E-state index contributed by atoms with van der Waals surface area (Å²) in [6, 6.07) is 18.0. The lowest BCUT2D eigenvalue weighted by Crippen LogP contribution is -2.30. The number of aryl methyl sites for hydroxylation is 2. The number of ketones is 1. The summed E-state index contributed by atoms with van der Waals surface area (Å²) in [4.78, 5) is 69.1. The first-order valence-electron chi connectivity index (χ1n) is 14.5. The maximum absolute atomic E-state index is 13.4. The first-order chi connectivity index (χ1) is 21.1. The van der Waals surface area contributed by atoms with Crippen LogP contribution in [0.5, 0.6) is 0 Å². The van der Waals surface area contributed by atoms with Crippen LogP contribution in [0.3, 0.4) is 0 Å². The summed E-state index contributed by atoms with van der Waals surface area (Å²) in [5.74, 6) is -2.10. The van der Waals surface area contributed by atoms with Crippen molar-refractivity contribution in [3.63, 3.8) is 0 Å². The molecule has 2 atom stereocenters. The predicted octanol–water partition coefficient (Wildman–Crippen LogP) is 6.15. The lowest BCUT2D eigenvalue weighted by atomic mass is 9.81. The van der Waals surface area contributed by atoms with Gasteiger partial charge >= 0.3 is 5.97 Å². The second-order valence-electron chi connectivity index (χ2n) is 11.3. The van der Waals surface area contributed by atoms with Gasteiger partial charge < -0.3 is 4.74 Å². The van der Waals surface area contributed by atoms with Gasteiger partial charge in [0.2, 0.25) is 17.6 Å². The highest BCUT2D eigenvalue weighted by atomic mass is 16.6. The monoisotopic (exact) mass is 591 g/mol. The Morgan fingerprint density at radius 2 is 1.61 bits per heavy atom. The van der Waals surface area contributed by atoms with E-state index in [4.69, 9.17) is 9.72 Å². The van der Waals surface area contributed by atoms with Crippen LogP contribution in [0, 0.1) is 35.8 Å². The second kappa shape index (κ2) is 11.4. The number of carbonyl (C=O) groups excluding carboxylic acids is 4. The number of para-hydroxylation sites is 1. The molecule has 0 bridgehead atoms. The lowest BCUT2D eigenvalue weighted by Gasteiger charge is -2.19. The van der Waals surface area contributed by atoms with Gasteiger partial charge in [-0.3, -0.25) is 29.4 Å².